The van der Waals surface area contributed by atoms with Crippen LogP contribution in [0, 0.1) is 6.92 Å². The maximum atomic E-state index is 12.4. The predicted molar refractivity (Wildman–Crippen MR) is 84.4 cm³/mol. The van der Waals surface area contributed by atoms with E-state index in [2.05, 4.69) is 25.3 Å². The Morgan fingerprint density at radius 2 is 2.14 bits per heavy atom. The minimum atomic E-state index is -0.281. The second-order valence-corrected chi connectivity index (χ2v) is 5.58. The van der Waals surface area contributed by atoms with Crippen LogP contribution in [0.4, 0.5) is 5.95 Å². The first-order chi connectivity index (χ1) is 10.4. The van der Waals surface area contributed by atoms with E-state index < -0.39 is 0 Å². The van der Waals surface area contributed by atoms with E-state index in [1.54, 1.807) is 12.3 Å². The summed E-state index contributed by atoms with van der Waals surface area (Å²) in [6.45, 7) is 7.88. The Morgan fingerprint density at radius 3 is 2.68 bits per heavy atom. The minimum Gasteiger partial charge on any atom is -0.368 e. The normalized spacial score (nSPS) is 12.4. The number of aryl methyl sites for hydroxylation is 1. The molecule has 1 unspecified atom stereocenters. The summed E-state index contributed by atoms with van der Waals surface area (Å²) in [7, 11) is 0. The molecule has 0 aromatic carbocycles. The topological polar surface area (TPSA) is 110 Å². The summed E-state index contributed by atoms with van der Waals surface area (Å²) in [4.78, 5) is 28.0. The van der Waals surface area contributed by atoms with E-state index in [9.17, 15) is 4.79 Å². The molecule has 0 aliphatic heterocycles. The van der Waals surface area contributed by atoms with Crippen molar-refractivity contribution in [1.29, 1.82) is 0 Å². The molecule has 4 N–H and O–H groups in total. The van der Waals surface area contributed by atoms with Crippen LogP contribution >= 0.6 is 0 Å². The van der Waals surface area contributed by atoms with E-state index in [4.69, 9.17) is 5.73 Å². The molecule has 7 heteroatoms. The average Bonchev–Trinajstić information content (AvgIpc) is 2.90. The molecule has 0 bridgehead atoms. The van der Waals surface area contributed by atoms with E-state index in [0.717, 1.165) is 23.6 Å². The summed E-state index contributed by atoms with van der Waals surface area (Å²) in [5.74, 6) is 0.737. The van der Waals surface area contributed by atoms with Gasteiger partial charge in [0.25, 0.3) is 5.91 Å². The molecule has 2 aromatic heterocycles. The van der Waals surface area contributed by atoms with Gasteiger partial charge in [0, 0.05) is 17.6 Å². The third-order valence-electron chi connectivity index (χ3n) is 3.35. The number of aromatic nitrogens is 4. The van der Waals surface area contributed by atoms with Gasteiger partial charge in [-0.15, -0.1) is 0 Å². The van der Waals surface area contributed by atoms with Crippen LogP contribution in [-0.2, 0) is 0 Å². The lowest BCUT2D eigenvalue weighted by molar-refractivity contribution is 0.0928. The molecule has 22 heavy (non-hydrogen) atoms. The number of H-pyrrole nitrogens is 1. The number of nitrogens with zero attached hydrogens (tertiary/aromatic N) is 3. The molecule has 7 nitrogen and oxygen atoms in total. The Bertz CT molecular complexity index is 664. The summed E-state index contributed by atoms with van der Waals surface area (Å²) in [5, 5.41) is 2.93. The van der Waals surface area contributed by atoms with Gasteiger partial charge >= 0.3 is 0 Å². The van der Waals surface area contributed by atoms with Gasteiger partial charge in [-0.1, -0.05) is 20.8 Å². The first kappa shape index (κ1) is 15.9. The molecule has 0 fully saturated rings. The van der Waals surface area contributed by atoms with Crippen LogP contribution in [0.5, 0.6) is 0 Å². The van der Waals surface area contributed by atoms with Crippen molar-refractivity contribution in [1.82, 2.24) is 25.3 Å². The van der Waals surface area contributed by atoms with E-state index >= 15 is 0 Å². The van der Waals surface area contributed by atoms with Crippen LogP contribution in [0.2, 0.25) is 0 Å². The van der Waals surface area contributed by atoms with Gasteiger partial charge in [-0.2, -0.15) is 0 Å². The highest BCUT2D eigenvalue weighted by molar-refractivity contribution is 5.92. The number of nitrogen functional groups attached to an aromatic ring is 1. The maximum Gasteiger partial charge on any atom is 0.270 e. The number of imidazole rings is 1. The van der Waals surface area contributed by atoms with Crippen LogP contribution in [0.3, 0.4) is 0 Å². The van der Waals surface area contributed by atoms with Crippen LogP contribution in [0.25, 0.3) is 0 Å². The number of nitrogens with one attached hydrogen (secondary N) is 2. The molecule has 2 heterocycles. The lowest BCUT2D eigenvalue weighted by Crippen LogP contribution is -2.30. The molecule has 0 radical (unpaired) electrons. The Kier molecular flexibility index (Phi) is 4.75. The zero-order valence-corrected chi connectivity index (χ0v) is 13.3. The SMILES string of the molecule is CCC(NC(=O)c1cc(C(C)C)nc(N)n1)c1ncc(C)[nH]1. The number of carbonyl (C=O) groups excluding carboxylic acids is 1. The Balaban J connectivity index is 2.20. The number of nitrogens with two attached hydrogens (primary N) is 1. The number of rotatable bonds is 5. The largest absolute Gasteiger partial charge is 0.368 e. The second-order valence-electron chi connectivity index (χ2n) is 5.58. The summed E-state index contributed by atoms with van der Waals surface area (Å²) in [6, 6.07) is 1.48. The molecule has 0 spiro atoms. The van der Waals surface area contributed by atoms with Gasteiger partial charge in [-0.3, -0.25) is 4.79 Å². The lowest BCUT2D eigenvalue weighted by Gasteiger charge is -2.15. The second kappa shape index (κ2) is 6.55. The molecule has 2 aromatic rings. The number of amides is 1. The van der Waals surface area contributed by atoms with Crippen LogP contribution in [-0.4, -0.2) is 25.8 Å². The van der Waals surface area contributed by atoms with Crippen molar-refractivity contribution < 1.29 is 4.79 Å². The van der Waals surface area contributed by atoms with Gasteiger partial charge in [0.05, 0.1) is 6.04 Å². The summed E-state index contributed by atoms with van der Waals surface area (Å²) >= 11 is 0. The van der Waals surface area contributed by atoms with E-state index in [1.165, 1.54) is 0 Å². The monoisotopic (exact) mass is 302 g/mol. The fourth-order valence-corrected chi connectivity index (χ4v) is 2.10. The number of hydrogen-bond acceptors (Lipinski definition) is 5. The number of carbonyl (C=O) groups is 1. The summed E-state index contributed by atoms with van der Waals surface area (Å²) < 4.78 is 0. The highest BCUT2D eigenvalue weighted by Crippen LogP contribution is 2.16. The minimum absolute atomic E-state index is 0.109. The highest BCUT2D eigenvalue weighted by atomic mass is 16.2. The number of anilines is 1. The summed E-state index contributed by atoms with van der Waals surface area (Å²) in [5.41, 5.74) is 7.67. The quantitative estimate of drug-likeness (QED) is 0.783. The van der Waals surface area contributed by atoms with Crippen LogP contribution < -0.4 is 11.1 Å². The van der Waals surface area contributed by atoms with Gasteiger partial charge < -0.3 is 16.0 Å². The molecule has 1 amide bonds. The predicted octanol–water partition coefficient (Wildman–Crippen LogP) is 2.09. The molecule has 2 rings (SSSR count). The van der Waals surface area contributed by atoms with Crippen molar-refractivity contribution in [2.24, 2.45) is 0 Å². The van der Waals surface area contributed by atoms with E-state index in [1.807, 2.05) is 27.7 Å². The summed E-state index contributed by atoms with van der Waals surface area (Å²) in [6.07, 6.45) is 2.46. The molecule has 0 saturated heterocycles. The molecule has 0 aliphatic rings. The van der Waals surface area contributed by atoms with Gasteiger partial charge in [-0.05, 0) is 25.3 Å². The molecular formula is C15H22N6O. The van der Waals surface area contributed by atoms with Gasteiger partial charge in [-0.25, -0.2) is 15.0 Å². The van der Waals surface area contributed by atoms with Gasteiger partial charge in [0.2, 0.25) is 5.95 Å². The van der Waals surface area contributed by atoms with Crippen LogP contribution in [0.1, 0.15) is 66.9 Å². The van der Waals surface area contributed by atoms with Crippen molar-refractivity contribution in [2.75, 3.05) is 5.73 Å². The number of aromatic amines is 1. The van der Waals surface area contributed by atoms with Crippen molar-refractivity contribution in [3.63, 3.8) is 0 Å². The fraction of sp³-hybridized carbons (Fsp3) is 0.467. The average molecular weight is 302 g/mol. The Morgan fingerprint density at radius 1 is 1.41 bits per heavy atom. The highest BCUT2D eigenvalue weighted by Gasteiger charge is 2.19. The fourth-order valence-electron chi connectivity index (χ4n) is 2.10. The van der Waals surface area contributed by atoms with Crippen molar-refractivity contribution in [3.8, 4) is 0 Å². The maximum absolute atomic E-state index is 12.4. The third kappa shape index (κ3) is 3.60. The van der Waals surface area contributed by atoms with E-state index in [0.29, 0.717) is 0 Å². The first-order valence-corrected chi connectivity index (χ1v) is 7.37. The standard InChI is InChI=1S/C15H22N6O/c1-5-10(13-17-7-9(4)18-13)19-14(22)12-6-11(8(2)3)20-15(16)21-12/h6-8,10H,5H2,1-4H3,(H,17,18)(H,19,22)(H2,16,20,21). The first-order valence-electron chi connectivity index (χ1n) is 7.37. The van der Waals surface area contributed by atoms with E-state index in [-0.39, 0.29) is 29.5 Å². The molecule has 0 aliphatic carbocycles. The number of hydrogen-bond donors (Lipinski definition) is 3. The smallest absolute Gasteiger partial charge is 0.270 e. The van der Waals surface area contributed by atoms with Crippen molar-refractivity contribution in [2.45, 2.75) is 46.1 Å². The zero-order valence-electron chi connectivity index (χ0n) is 13.3. The Hall–Kier alpha value is -2.44. The van der Waals surface area contributed by atoms with Crippen molar-refractivity contribution >= 4 is 11.9 Å². The zero-order chi connectivity index (χ0) is 16.3. The third-order valence-corrected chi connectivity index (χ3v) is 3.35. The van der Waals surface area contributed by atoms with Crippen LogP contribution in [0.15, 0.2) is 12.3 Å². The molecular weight excluding hydrogens is 280 g/mol. The van der Waals surface area contributed by atoms with Crippen molar-refractivity contribution in [3.05, 3.63) is 35.2 Å². The van der Waals surface area contributed by atoms with Gasteiger partial charge in [0.15, 0.2) is 0 Å². The molecule has 118 valence electrons. The molecule has 0 saturated carbocycles. The van der Waals surface area contributed by atoms with Gasteiger partial charge in [0.1, 0.15) is 11.5 Å². The Labute approximate surface area is 129 Å². The molecule has 1 atom stereocenters. The lowest BCUT2D eigenvalue weighted by atomic mass is 10.1.